The van der Waals surface area contributed by atoms with Gasteiger partial charge in [-0.15, -0.1) is 0 Å². The molecule has 1 amide bonds. The lowest BCUT2D eigenvalue weighted by molar-refractivity contribution is -0.147. The topological polar surface area (TPSA) is 58.6 Å². The molecule has 0 aliphatic heterocycles. The molecule has 0 spiro atoms. The van der Waals surface area contributed by atoms with Gasteiger partial charge in [-0.1, -0.05) is 20.4 Å². The molecule has 0 fully saturated rings. The minimum Gasteiger partial charge on any atom is -0.437 e. The number of hydrogen-bond donors (Lipinski definition) is 1. The number of carbonyl (C=O) groups is 2. The standard InChI is InChI=1S/C11H20N2O3/c1-5-11(15)16-10(12-9(4)14)8-13(6-2)7-3/h5,10H,1,6-8H2,2-4H3,(H,12,14). The van der Waals surface area contributed by atoms with E-state index in [4.69, 9.17) is 4.74 Å². The van der Waals surface area contributed by atoms with Crippen molar-refractivity contribution in [2.75, 3.05) is 19.6 Å². The van der Waals surface area contributed by atoms with E-state index in [-0.39, 0.29) is 5.91 Å². The maximum Gasteiger partial charge on any atom is 0.332 e. The van der Waals surface area contributed by atoms with Gasteiger partial charge in [0.15, 0.2) is 6.23 Å². The zero-order valence-corrected chi connectivity index (χ0v) is 10.2. The summed E-state index contributed by atoms with van der Waals surface area (Å²) in [5, 5.41) is 2.57. The number of rotatable bonds is 7. The summed E-state index contributed by atoms with van der Waals surface area (Å²) in [7, 11) is 0. The summed E-state index contributed by atoms with van der Waals surface area (Å²) in [6.45, 7) is 10.8. The average Bonchev–Trinajstić information content (AvgIpc) is 2.24. The summed E-state index contributed by atoms with van der Waals surface area (Å²) >= 11 is 0. The van der Waals surface area contributed by atoms with Gasteiger partial charge in [-0.25, -0.2) is 4.79 Å². The number of esters is 1. The van der Waals surface area contributed by atoms with E-state index in [9.17, 15) is 9.59 Å². The van der Waals surface area contributed by atoms with Crippen LogP contribution in [-0.4, -0.2) is 42.6 Å². The normalized spacial score (nSPS) is 12.0. The summed E-state index contributed by atoms with van der Waals surface area (Å²) < 4.78 is 5.01. The lowest BCUT2D eigenvalue weighted by Gasteiger charge is -2.25. The third kappa shape index (κ3) is 6.19. The van der Waals surface area contributed by atoms with Crippen LogP contribution >= 0.6 is 0 Å². The van der Waals surface area contributed by atoms with Crippen LogP contribution in [0.5, 0.6) is 0 Å². The molecule has 92 valence electrons. The number of amides is 1. The van der Waals surface area contributed by atoms with Crippen molar-refractivity contribution >= 4 is 11.9 Å². The maximum atomic E-state index is 11.1. The SMILES string of the molecule is C=CC(=O)OC(CN(CC)CC)NC(C)=O. The Labute approximate surface area is 96.4 Å². The second kappa shape index (κ2) is 7.87. The molecule has 0 aromatic heterocycles. The summed E-state index contributed by atoms with van der Waals surface area (Å²) in [6.07, 6.45) is 0.458. The third-order valence-corrected chi connectivity index (χ3v) is 2.11. The van der Waals surface area contributed by atoms with Crippen molar-refractivity contribution in [3.63, 3.8) is 0 Å². The average molecular weight is 228 g/mol. The molecule has 1 unspecified atom stereocenters. The van der Waals surface area contributed by atoms with Crippen molar-refractivity contribution in [3.8, 4) is 0 Å². The second-order valence-corrected chi connectivity index (χ2v) is 3.32. The predicted octanol–water partition coefficient (Wildman–Crippen LogP) is 0.520. The number of hydrogen-bond acceptors (Lipinski definition) is 4. The van der Waals surface area contributed by atoms with Crippen LogP contribution < -0.4 is 5.32 Å². The summed E-state index contributed by atoms with van der Waals surface area (Å²) in [4.78, 5) is 24.0. The highest BCUT2D eigenvalue weighted by atomic mass is 16.6. The molecule has 1 atom stereocenters. The Morgan fingerprint density at radius 3 is 2.38 bits per heavy atom. The molecular formula is C11H20N2O3. The number of nitrogens with one attached hydrogen (secondary N) is 1. The fourth-order valence-electron chi connectivity index (χ4n) is 1.24. The van der Waals surface area contributed by atoms with Gasteiger partial charge in [-0.2, -0.15) is 0 Å². The number of carbonyl (C=O) groups excluding carboxylic acids is 2. The van der Waals surface area contributed by atoms with E-state index >= 15 is 0 Å². The molecule has 0 aliphatic rings. The highest BCUT2D eigenvalue weighted by Gasteiger charge is 2.16. The number of ether oxygens (including phenoxy) is 1. The van der Waals surface area contributed by atoms with E-state index in [0.29, 0.717) is 6.54 Å². The van der Waals surface area contributed by atoms with Gasteiger partial charge in [-0.3, -0.25) is 9.69 Å². The highest BCUT2D eigenvalue weighted by molar-refractivity contribution is 5.81. The van der Waals surface area contributed by atoms with Gasteiger partial charge in [0.1, 0.15) is 0 Å². The maximum absolute atomic E-state index is 11.1. The van der Waals surface area contributed by atoms with Crippen molar-refractivity contribution < 1.29 is 14.3 Å². The van der Waals surface area contributed by atoms with Crippen LogP contribution in [0, 0.1) is 0 Å². The lowest BCUT2D eigenvalue weighted by atomic mass is 10.4. The van der Waals surface area contributed by atoms with Crippen molar-refractivity contribution in [1.82, 2.24) is 10.2 Å². The molecule has 16 heavy (non-hydrogen) atoms. The third-order valence-electron chi connectivity index (χ3n) is 2.11. The number of nitrogens with zero attached hydrogens (tertiary/aromatic N) is 1. The van der Waals surface area contributed by atoms with Crippen molar-refractivity contribution in [2.45, 2.75) is 27.0 Å². The minimum atomic E-state index is -0.622. The summed E-state index contributed by atoms with van der Waals surface area (Å²) in [6, 6.07) is 0. The second-order valence-electron chi connectivity index (χ2n) is 3.32. The fourth-order valence-corrected chi connectivity index (χ4v) is 1.24. The Bertz CT molecular complexity index is 250. The van der Waals surface area contributed by atoms with E-state index in [0.717, 1.165) is 19.2 Å². The van der Waals surface area contributed by atoms with Crippen LogP contribution in [0.4, 0.5) is 0 Å². The molecule has 0 aromatic rings. The molecule has 5 nitrogen and oxygen atoms in total. The van der Waals surface area contributed by atoms with Crippen LogP contribution in [0.15, 0.2) is 12.7 Å². The lowest BCUT2D eigenvalue weighted by Crippen LogP contribution is -2.45. The molecule has 1 N–H and O–H groups in total. The first-order chi connectivity index (χ1) is 7.53. The smallest absolute Gasteiger partial charge is 0.332 e. The van der Waals surface area contributed by atoms with E-state index in [1.54, 1.807) is 0 Å². The molecule has 0 aromatic carbocycles. The van der Waals surface area contributed by atoms with Crippen LogP contribution in [0.25, 0.3) is 0 Å². The van der Waals surface area contributed by atoms with Gasteiger partial charge >= 0.3 is 5.97 Å². The van der Waals surface area contributed by atoms with Crippen LogP contribution in [0.3, 0.4) is 0 Å². The van der Waals surface area contributed by atoms with Crippen molar-refractivity contribution in [1.29, 1.82) is 0 Å². The molecule has 0 rings (SSSR count). The monoisotopic (exact) mass is 228 g/mol. The molecule has 0 bridgehead atoms. The fraction of sp³-hybridized carbons (Fsp3) is 0.636. The minimum absolute atomic E-state index is 0.228. The molecule has 0 aliphatic carbocycles. The van der Waals surface area contributed by atoms with Gasteiger partial charge in [0.05, 0.1) is 6.54 Å². The molecule has 0 radical (unpaired) electrons. The molecule has 0 saturated carbocycles. The molecule has 0 saturated heterocycles. The first kappa shape index (κ1) is 14.6. The summed E-state index contributed by atoms with van der Waals surface area (Å²) in [5.74, 6) is -0.764. The zero-order chi connectivity index (χ0) is 12.6. The quantitative estimate of drug-likeness (QED) is 0.392. The highest BCUT2D eigenvalue weighted by Crippen LogP contribution is 1.96. The van der Waals surface area contributed by atoms with Crippen LogP contribution in [-0.2, 0) is 14.3 Å². The molecule has 5 heteroatoms. The van der Waals surface area contributed by atoms with Gasteiger partial charge in [-0.05, 0) is 13.1 Å². The Balaban J connectivity index is 4.34. The largest absolute Gasteiger partial charge is 0.437 e. The molecular weight excluding hydrogens is 208 g/mol. The first-order valence-corrected chi connectivity index (χ1v) is 5.35. The van der Waals surface area contributed by atoms with Gasteiger partial charge < -0.3 is 10.1 Å². The van der Waals surface area contributed by atoms with Gasteiger partial charge in [0.2, 0.25) is 5.91 Å². The van der Waals surface area contributed by atoms with Crippen molar-refractivity contribution in [3.05, 3.63) is 12.7 Å². The predicted molar refractivity (Wildman–Crippen MR) is 61.7 cm³/mol. The van der Waals surface area contributed by atoms with E-state index in [1.807, 2.05) is 13.8 Å². The Kier molecular flexibility index (Phi) is 7.20. The Hall–Kier alpha value is -1.36. The van der Waals surface area contributed by atoms with E-state index < -0.39 is 12.2 Å². The van der Waals surface area contributed by atoms with E-state index in [1.165, 1.54) is 6.92 Å². The van der Waals surface area contributed by atoms with Crippen LogP contribution in [0.2, 0.25) is 0 Å². The van der Waals surface area contributed by atoms with Gasteiger partial charge in [0, 0.05) is 13.0 Å². The van der Waals surface area contributed by atoms with Crippen molar-refractivity contribution in [2.24, 2.45) is 0 Å². The van der Waals surface area contributed by atoms with Crippen LogP contribution in [0.1, 0.15) is 20.8 Å². The first-order valence-electron chi connectivity index (χ1n) is 5.35. The van der Waals surface area contributed by atoms with E-state index in [2.05, 4.69) is 16.8 Å². The molecule has 0 heterocycles. The number of likely N-dealkylation sites (N-methyl/N-ethyl adjacent to an activating group) is 1. The Morgan fingerprint density at radius 1 is 1.44 bits per heavy atom. The van der Waals surface area contributed by atoms with Gasteiger partial charge in [0.25, 0.3) is 0 Å². The zero-order valence-electron chi connectivity index (χ0n) is 10.2. The summed E-state index contributed by atoms with van der Waals surface area (Å²) in [5.41, 5.74) is 0. The Morgan fingerprint density at radius 2 is 2.00 bits per heavy atom.